The summed E-state index contributed by atoms with van der Waals surface area (Å²) in [5, 5.41) is 0. The molecular weight excluding hydrogens is 318 g/mol. The molecule has 4 nitrogen and oxygen atoms in total. The number of hydrogen-bond donors (Lipinski definition) is 0. The molecule has 2 aliphatic heterocycles. The fraction of sp³-hybridized carbons (Fsp3) is 0.600. The summed E-state index contributed by atoms with van der Waals surface area (Å²) in [5.74, 6) is 0.114. The lowest BCUT2D eigenvalue weighted by molar-refractivity contribution is 0.0607. The van der Waals surface area contributed by atoms with Gasteiger partial charge in [-0.2, -0.15) is 0 Å². The van der Waals surface area contributed by atoms with Crippen LogP contribution in [0.4, 0.5) is 0 Å². The molecule has 108 valence electrons. The summed E-state index contributed by atoms with van der Waals surface area (Å²) in [5.41, 5.74) is 0.682. The lowest BCUT2D eigenvalue weighted by Gasteiger charge is -2.37. The number of likely N-dealkylation sites (tertiary alicyclic amines) is 2. The van der Waals surface area contributed by atoms with Crippen molar-refractivity contribution in [1.29, 1.82) is 0 Å². The van der Waals surface area contributed by atoms with Crippen LogP contribution in [0.25, 0.3) is 0 Å². The highest BCUT2D eigenvalue weighted by Crippen LogP contribution is 2.22. The van der Waals surface area contributed by atoms with E-state index in [1.54, 1.807) is 12.4 Å². The zero-order chi connectivity index (χ0) is 13.9. The molecule has 3 rings (SSSR count). The van der Waals surface area contributed by atoms with Crippen LogP contribution in [-0.2, 0) is 0 Å². The van der Waals surface area contributed by atoms with Crippen LogP contribution in [0, 0.1) is 0 Å². The fourth-order valence-electron chi connectivity index (χ4n) is 3.26. The summed E-state index contributed by atoms with van der Waals surface area (Å²) in [7, 11) is 0. The lowest BCUT2D eigenvalue weighted by Crippen LogP contribution is -2.49. The van der Waals surface area contributed by atoms with Crippen LogP contribution < -0.4 is 0 Å². The number of carbonyl (C=O) groups is 1. The SMILES string of the molecule is O=C(c1cncc(Br)c1)N1CCCC(N2CCCC2)C1. The van der Waals surface area contributed by atoms with Gasteiger partial charge in [0.2, 0.25) is 0 Å². The van der Waals surface area contributed by atoms with Crippen LogP contribution in [0.1, 0.15) is 36.0 Å². The van der Waals surface area contributed by atoms with Gasteiger partial charge in [0.05, 0.1) is 5.56 Å². The number of hydrogen-bond acceptors (Lipinski definition) is 3. The summed E-state index contributed by atoms with van der Waals surface area (Å²) < 4.78 is 0.858. The van der Waals surface area contributed by atoms with Crippen molar-refractivity contribution in [3.63, 3.8) is 0 Å². The second-order valence-electron chi connectivity index (χ2n) is 5.68. The molecule has 0 aliphatic carbocycles. The molecule has 3 heterocycles. The number of nitrogens with zero attached hydrogens (tertiary/aromatic N) is 3. The van der Waals surface area contributed by atoms with Crippen LogP contribution >= 0.6 is 15.9 Å². The van der Waals surface area contributed by atoms with E-state index in [4.69, 9.17) is 0 Å². The highest BCUT2D eigenvalue weighted by Gasteiger charge is 2.29. The molecule has 1 amide bonds. The van der Waals surface area contributed by atoms with Crippen molar-refractivity contribution < 1.29 is 4.79 Å². The molecule has 1 aromatic rings. The van der Waals surface area contributed by atoms with Crippen molar-refractivity contribution in [2.24, 2.45) is 0 Å². The third-order valence-electron chi connectivity index (χ3n) is 4.29. The van der Waals surface area contributed by atoms with Gasteiger partial charge in [0.25, 0.3) is 5.91 Å². The minimum atomic E-state index is 0.114. The Morgan fingerprint density at radius 1 is 1.20 bits per heavy atom. The van der Waals surface area contributed by atoms with Gasteiger partial charge in [0.15, 0.2) is 0 Å². The van der Waals surface area contributed by atoms with E-state index in [1.165, 1.54) is 32.4 Å². The minimum Gasteiger partial charge on any atom is -0.337 e. The van der Waals surface area contributed by atoms with E-state index in [0.717, 1.165) is 24.0 Å². The summed E-state index contributed by atoms with van der Waals surface area (Å²) in [6.07, 6.45) is 8.31. The van der Waals surface area contributed by atoms with Crippen molar-refractivity contribution >= 4 is 21.8 Å². The molecule has 2 aliphatic rings. The third-order valence-corrected chi connectivity index (χ3v) is 4.73. The molecule has 2 saturated heterocycles. The van der Waals surface area contributed by atoms with E-state index in [9.17, 15) is 4.79 Å². The summed E-state index contributed by atoms with van der Waals surface area (Å²) >= 11 is 3.38. The Hall–Kier alpha value is -0.940. The lowest BCUT2D eigenvalue weighted by atomic mass is 10.0. The van der Waals surface area contributed by atoms with Gasteiger partial charge in [-0.15, -0.1) is 0 Å². The van der Waals surface area contributed by atoms with Crippen molar-refractivity contribution in [3.05, 3.63) is 28.5 Å². The van der Waals surface area contributed by atoms with Crippen LogP contribution in [-0.4, -0.2) is 52.9 Å². The van der Waals surface area contributed by atoms with Crippen LogP contribution in [0.5, 0.6) is 0 Å². The fourth-order valence-corrected chi connectivity index (χ4v) is 3.62. The molecule has 1 aromatic heterocycles. The van der Waals surface area contributed by atoms with Gasteiger partial charge in [-0.1, -0.05) is 0 Å². The molecule has 0 bridgehead atoms. The molecular formula is C15H20BrN3O. The predicted molar refractivity (Wildman–Crippen MR) is 81.7 cm³/mol. The number of rotatable bonds is 2. The monoisotopic (exact) mass is 337 g/mol. The Morgan fingerprint density at radius 2 is 2.00 bits per heavy atom. The predicted octanol–water partition coefficient (Wildman–Crippen LogP) is 2.54. The number of pyridine rings is 1. The topological polar surface area (TPSA) is 36.4 Å². The maximum absolute atomic E-state index is 12.6. The average molecular weight is 338 g/mol. The van der Waals surface area contributed by atoms with Crippen molar-refractivity contribution in [1.82, 2.24) is 14.8 Å². The largest absolute Gasteiger partial charge is 0.337 e. The Kier molecular flexibility index (Phi) is 4.36. The van der Waals surface area contributed by atoms with Crippen LogP contribution in [0.2, 0.25) is 0 Å². The minimum absolute atomic E-state index is 0.114. The van der Waals surface area contributed by atoms with Gasteiger partial charge in [-0.25, -0.2) is 0 Å². The van der Waals surface area contributed by atoms with Crippen LogP contribution in [0.15, 0.2) is 22.9 Å². The van der Waals surface area contributed by atoms with Gasteiger partial charge >= 0.3 is 0 Å². The molecule has 0 saturated carbocycles. The first-order valence-corrected chi connectivity index (χ1v) is 8.17. The molecule has 1 atom stereocenters. The number of piperidine rings is 1. The van der Waals surface area contributed by atoms with Gasteiger partial charge in [0, 0.05) is 36.0 Å². The van der Waals surface area contributed by atoms with E-state index in [1.807, 2.05) is 11.0 Å². The van der Waals surface area contributed by atoms with Crippen LogP contribution in [0.3, 0.4) is 0 Å². The molecule has 0 radical (unpaired) electrons. The molecule has 1 unspecified atom stereocenters. The molecule has 20 heavy (non-hydrogen) atoms. The Labute approximate surface area is 128 Å². The maximum atomic E-state index is 12.6. The first-order valence-electron chi connectivity index (χ1n) is 7.38. The molecule has 5 heteroatoms. The highest BCUT2D eigenvalue weighted by atomic mass is 79.9. The Bertz CT molecular complexity index is 488. The van der Waals surface area contributed by atoms with Gasteiger partial charge in [-0.3, -0.25) is 14.7 Å². The quantitative estimate of drug-likeness (QED) is 0.832. The standard InChI is InChI=1S/C15H20BrN3O/c16-13-8-12(9-17-10-13)15(20)19-7-3-4-14(11-19)18-5-1-2-6-18/h8-10,14H,1-7,11H2. The van der Waals surface area contributed by atoms with Crippen molar-refractivity contribution in [3.8, 4) is 0 Å². The number of halogens is 1. The second-order valence-corrected chi connectivity index (χ2v) is 6.60. The first kappa shape index (κ1) is 14.0. The number of amides is 1. The number of carbonyl (C=O) groups excluding carboxylic acids is 1. The van der Waals surface area contributed by atoms with Crippen molar-refractivity contribution in [2.75, 3.05) is 26.2 Å². The van der Waals surface area contributed by atoms with E-state index in [2.05, 4.69) is 25.8 Å². The molecule has 2 fully saturated rings. The van der Waals surface area contributed by atoms with Gasteiger partial charge in [-0.05, 0) is 60.8 Å². The second kappa shape index (κ2) is 6.22. The summed E-state index contributed by atoms with van der Waals surface area (Å²) in [6.45, 7) is 4.14. The van der Waals surface area contributed by atoms with Gasteiger partial charge in [0.1, 0.15) is 0 Å². The van der Waals surface area contributed by atoms with E-state index in [-0.39, 0.29) is 5.91 Å². The Morgan fingerprint density at radius 3 is 2.75 bits per heavy atom. The summed E-state index contributed by atoms with van der Waals surface area (Å²) in [4.78, 5) is 21.2. The summed E-state index contributed by atoms with van der Waals surface area (Å²) in [6, 6.07) is 2.41. The first-order chi connectivity index (χ1) is 9.74. The number of aromatic nitrogens is 1. The van der Waals surface area contributed by atoms with E-state index in [0.29, 0.717) is 11.6 Å². The normalized spacial score (nSPS) is 24.1. The third kappa shape index (κ3) is 3.04. The highest BCUT2D eigenvalue weighted by molar-refractivity contribution is 9.10. The molecule has 0 aromatic carbocycles. The molecule has 0 spiro atoms. The zero-order valence-corrected chi connectivity index (χ0v) is 13.2. The van der Waals surface area contributed by atoms with Crippen molar-refractivity contribution in [2.45, 2.75) is 31.7 Å². The smallest absolute Gasteiger partial charge is 0.255 e. The van der Waals surface area contributed by atoms with E-state index >= 15 is 0 Å². The van der Waals surface area contributed by atoms with E-state index < -0.39 is 0 Å². The zero-order valence-electron chi connectivity index (χ0n) is 11.6. The molecule has 0 N–H and O–H groups in total. The average Bonchev–Trinajstić information content (AvgIpc) is 3.01. The Balaban J connectivity index is 1.68. The maximum Gasteiger partial charge on any atom is 0.255 e. The van der Waals surface area contributed by atoms with Gasteiger partial charge < -0.3 is 4.90 Å².